The summed E-state index contributed by atoms with van der Waals surface area (Å²) in [4.78, 5) is 35.1. The van der Waals surface area contributed by atoms with Gasteiger partial charge in [0.1, 0.15) is 0 Å². The molecular formula is C16H20N6O3. The van der Waals surface area contributed by atoms with Crippen LogP contribution in [0, 0.1) is 17.0 Å². The third kappa shape index (κ3) is 3.44. The van der Waals surface area contributed by atoms with Crippen molar-refractivity contribution in [1.82, 2.24) is 19.4 Å². The normalized spacial score (nSPS) is 14.6. The van der Waals surface area contributed by atoms with E-state index in [9.17, 15) is 14.9 Å². The SMILES string of the molecule is Cc1nc([N+](=O)[O-])c(N2CCN(C(=O)Cc3ccccn3)CC2)n1C. The van der Waals surface area contributed by atoms with Gasteiger partial charge in [-0.1, -0.05) is 6.07 Å². The number of anilines is 1. The van der Waals surface area contributed by atoms with Crippen LogP contribution in [-0.4, -0.2) is 56.4 Å². The van der Waals surface area contributed by atoms with E-state index in [2.05, 4.69) is 9.97 Å². The minimum atomic E-state index is -0.457. The first-order valence-electron chi connectivity index (χ1n) is 8.07. The molecule has 1 amide bonds. The highest BCUT2D eigenvalue weighted by molar-refractivity contribution is 5.78. The molecule has 0 unspecified atom stereocenters. The summed E-state index contributed by atoms with van der Waals surface area (Å²) in [5.74, 6) is 0.983. The second-order valence-corrected chi connectivity index (χ2v) is 5.99. The standard InChI is InChI=1S/C16H20N6O3/c1-12-18-15(22(24)25)16(19(12)2)21-9-7-20(8-10-21)14(23)11-13-5-3-4-6-17-13/h3-6H,7-11H2,1-2H3. The largest absolute Gasteiger partial charge is 0.406 e. The molecule has 0 spiro atoms. The molecule has 0 N–H and O–H groups in total. The number of amides is 1. The number of hydrogen-bond acceptors (Lipinski definition) is 6. The number of nitro groups is 1. The summed E-state index contributed by atoms with van der Waals surface area (Å²) < 4.78 is 1.73. The fourth-order valence-corrected chi connectivity index (χ4v) is 2.99. The van der Waals surface area contributed by atoms with E-state index in [-0.39, 0.29) is 18.1 Å². The maximum Gasteiger partial charge on any atom is 0.406 e. The van der Waals surface area contributed by atoms with Crippen molar-refractivity contribution in [1.29, 1.82) is 0 Å². The summed E-state index contributed by atoms with van der Waals surface area (Å²) in [6, 6.07) is 5.50. The molecule has 1 saturated heterocycles. The highest BCUT2D eigenvalue weighted by Crippen LogP contribution is 2.28. The van der Waals surface area contributed by atoms with Crippen LogP contribution < -0.4 is 4.90 Å². The molecule has 0 saturated carbocycles. The molecule has 1 aliphatic heterocycles. The van der Waals surface area contributed by atoms with Crippen molar-refractivity contribution < 1.29 is 9.72 Å². The van der Waals surface area contributed by atoms with Gasteiger partial charge in [-0.05, 0) is 22.0 Å². The van der Waals surface area contributed by atoms with Crippen molar-refractivity contribution in [2.24, 2.45) is 7.05 Å². The Balaban J connectivity index is 1.66. The molecule has 0 aliphatic carbocycles. The number of carbonyl (C=O) groups excluding carboxylic acids is 1. The van der Waals surface area contributed by atoms with Crippen molar-refractivity contribution in [2.75, 3.05) is 31.1 Å². The number of rotatable bonds is 4. The number of piperazine rings is 1. The van der Waals surface area contributed by atoms with Crippen LogP contribution in [-0.2, 0) is 18.3 Å². The lowest BCUT2D eigenvalue weighted by Crippen LogP contribution is -2.49. The maximum absolute atomic E-state index is 12.4. The highest BCUT2D eigenvalue weighted by Gasteiger charge is 2.31. The molecule has 9 nitrogen and oxygen atoms in total. The van der Waals surface area contributed by atoms with Gasteiger partial charge in [-0.25, -0.2) is 0 Å². The van der Waals surface area contributed by atoms with Gasteiger partial charge < -0.3 is 19.9 Å². The number of nitrogens with zero attached hydrogens (tertiary/aromatic N) is 6. The lowest BCUT2D eigenvalue weighted by molar-refractivity contribution is -0.388. The maximum atomic E-state index is 12.4. The lowest BCUT2D eigenvalue weighted by Gasteiger charge is -2.35. The molecule has 0 radical (unpaired) electrons. The zero-order valence-electron chi connectivity index (χ0n) is 14.3. The molecule has 25 heavy (non-hydrogen) atoms. The van der Waals surface area contributed by atoms with Gasteiger partial charge in [-0.2, -0.15) is 0 Å². The number of hydrogen-bond donors (Lipinski definition) is 0. The first-order chi connectivity index (χ1) is 12.0. The van der Waals surface area contributed by atoms with Gasteiger partial charge in [0.15, 0.2) is 0 Å². The van der Waals surface area contributed by atoms with Gasteiger partial charge in [0, 0.05) is 52.0 Å². The smallest absolute Gasteiger partial charge is 0.358 e. The number of pyridine rings is 1. The van der Waals surface area contributed by atoms with Crippen LogP contribution in [0.2, 0.25) is 0 Å². The van der Waals surface area contributed by atoms with E-state index in [1.807, 2.05) is 23.1 Å². The second kappa shape index (κ2) is 6.88. The molecule has 0 atom stereocenters. The van der Waals surface area contributed by atoms with E-state index < -0.39 is 4.92 Å². The summed E-state index contributed by atoms with van der Waals surface area (Å²) in [6.07, 6.45) is 1.94. The molecular weight excluding hydrogens is 324 g/mol. The Hall–Kier alpha value is -2.97. The molecule has 1 fully saturated rings. The Bertz CT molecular complexity index is 781. The highest BCUT2D eigenvalue weighted by atomic mass is 16.6. The minimum Gasteiger partial charge on any atom is -0.358 e. The zero-order chi connectivity index (χ0) is 18.0. The number of carbonyl (C=O) groups is 1. The van der Waals surface area contributed by atoms with Crippen LogP contribution in [0.5, 0.6) is 0 Å². The average Bonchev–Trinajstić information content (AvgIpc) is 2.91. The van der Waals surface area contributed by atoms with Gasteiger partial charge in [0.25, 0.3) is 0 Å². The van der Waals surface area contributed by atoms with E-state index >= 15 is 0 Å². The number of imidazole rings is 1. The van der Waals surface area contributed by atoms with Crippen molar-refractivity contribution >= 4 is 17.5 Å². The molecule has 9 heteroatoms. The lowest BCUT2D eigenvalue weighted by atomic mass is 10.2. The van der Waals surface area contributed by atoms with E-state index in [1.165, 1.54) is 0 Å². The quantitative estimate of drug-likeness (QED) is 0.604. The molecule has 1 aliphatic rings. The first kappa shape index (κ1) is 16.9. The summed E-state index contributed by atoms with van der Waals surface area (Å²) in [5, 5.41) is 11.2. The Kier molecular flexibility index (Phi) is 4.64. The molecule has 132 valence electrons. The van der Waals surface area contributed by atoms with Crippen molar-refractivity contribution in [2.45, 2.75) is 13.3 Å². The Morgan fingerprint density at radius 2 is 2.00 bits per heavy atom. The topological polar surface area (TPSA) is 97.4 Å². The first-order valence-corrected chi connectivity index (χ1v) is 8.07. The fourth-order valence-electron chi connectivity index (χ4n) is 2.99. The summed E-state index contributed by atoms with van der Waals surface area (Å²) >= 11 is 0. The number of aromatic nitrogens is 3. The monoisotopic (exact) mass is 344 g/mol. The van der Waals surface area contributed by atoms with E-state index in [4.69, 9.17) is 0 Å². The van der Waals surface area contributed by atoms with Gasteiger partial charge >= 0.3 is 5.82 Å². The Morgan fingerprint density at radius 1 is 1.28 bits per heavy atom. The van der Waals surface area contributed by atoms with Crippen LogP contribution in [0.25, 0.3) is 0 Å². The fraction of sp³-hybridized carbons (Fsp3) is 0.438. The van der Waals surface area contributed by atoms with Gasteiger partial charge in [-0.15, -0.1) is 0 Å². The Labute approximate surface area is 145 Å². The van der Waals surface area contributed by atoms with Crippen LogP contribution in [0.4, 0.5) is 11.6 Å². The predicted molar refractivity (Wildman–Crippen MR) is 91.3 cm³/mol. The van der Waals surface area contributed by atoms with Gasteiger partial charge in [0.2, 0.25) is 17.5 Å². The predicted octanol–water partition coefficient (Wildman–Crippen LogP) is 0.923. The second-order valence-electron chi connectivity index (χ2n) is 5.99. The third-order valence-corrected chi connectivity index (χ3v) is 4.43. The third-order valence-electron chi connectivity index (χ3n) is 4.43. The molecule has 3 heterocycles. The van der Waals surface area contributed by atoms with E-state index in [0.29, 0.717) is 37.8 Å². The zero-order valence-corrected chi connectivity index (χ0v) is 14.3. The van der Waals surface area contributed by atoms with E-state index in [1.54, 1.807) is 29.6 Å². The summed E-state index contributed by atoms with van der Waals surface area (Å²) in [6.45, 7) is 3.85. The minimum absolute atomic E-state index is 0.0223. The number of aryl methyl sites for hydroxylation is 1. The molecule has 0 bridgehead atoms. The van der Waals surface area contributed by atoms with Crippen LogP contribution >= 0.6 is 0 Å². The van der Waals surface area contributed by atoms with Crippen molar-refractivity contribution in [3.8, 4) is 0 Å². The van der Waals surface area contributed by atoms with Crippen LogP contribution in [0.1, 0.15) is 11.5 Å². The summed E-state index contributed by atoms with van der Waals surface area (Å²) in [7, 11) is 1.77. The van der Waals surface area contributed by atoms with Crippen LogP contribution in [0.15, 0.2) is 24.4 Å². The van der Waals surface area contributed by atoms with E-state index in [0.717, 1.165) is 5.69 Å². The molecule has 3 rings (SSSR count). The molecule has 2 aromatic rings. The molecule has 2 aromatic heterocycles. The van der Waals surface area contributed by atoms with Gasteiger partial charge in [-0.3, -0.25) is 14.3 Å². The average molecular weight is 344 g/mol. The van der Waals surface area contributed by atoms with Crippen LogP contribution in [0.3, 0.4) is 0 Å². The summed E-state index contributed by atoms with van der Waals surface area (Å²) in [5.41, 5.74) is 0.743. The molecule has 0 aromatic carbocycles. The van der Waals surface area contributed by atoms with Crippen molar-refractivity contribution in [3.63, 3.8) is 0 Å². The Morgan fingerprint density at radius 3 is 2.60 bits per heavy atom. The van der Waals surface area contributed by atoms with Gasteiger partial charge in [0.05, 0.1) is 6.42 Å². The van der Waals surface area contributed by atoms with Crippen molar-refractivity contribution in [3.05, 3.63) is 46.0 Å².